The Balaban J connectivity index is 1.58. The maximum atomic E-state index is 12.6. The molecule has 0 aliphatic carbocycles. The number of hydrogen-bond donors (Lipinski definition) is 2. The number of hydrogen-bond acceptors (Lipinski definition) is 6. The lowest BCUT2D eigenvalue weighted by Crippen LogP contribution is -2.56. The van der Waals surface area contributed by atoms with Gasteiger partial charge in [0.25, 0.3) is 5.91 Å². The second-order valence-electron chi connectivity index (χ2n) is 7.66. The highest BCUT2D eigenvalue weighted by molar-refractivity contribution is 6.08. The summed E-state index contributed by atoms with van der Waals surface area (Å²) in [6.45, 7) is 1.24. The number of ether oxygens (including phenoxy) is 1. The molecule has 1 aromatic carbocycles. The highest BCUT2D eigenvalue weighted by Gasteiger charge is 2.40. The molecule has 0 radical (unpaired) electrons. The number of nitrogens with zero attached hydrogens (tertiary/aromatic N) is 2. The third-order valence-corrected chi connectivity index (χ3v) is 5.80. The Hall–Kier alpha value is -2.94. The van der Waals surface area contributed by atoms with Crippen molar-refractivity contribution < 1.29 is 29.0 Å². The minimum absolute atomic E-state index is 0.0356. The number of imide groups is 1. The third-order valence-electron chi connectivity index (χ3n) is 5.80. The molecular weight excluding hydrogens is 378 g/mol. The van der Waals surface area contributed by atoms with E-state index in [1.165, 1.54) is 4.90 Å². The molecule has 1 unspecified atom stereocenters. The Bertz CT molecular complexity index is 862. The number of likely N-dealkylation sites (tertiary alicyclic amines) is 1. The molecule has 0 spiro atoms. The van der Waals surface area contributed by atoms with Crippen molar-refractivity contribution in [3.63, 3.8) is 0 Å². The van der Waals surface area contributed by atoms with Crippen LogP contribution in [0.25, 0.3) is 0 Å². The summed E-state index contributed by atoms with van der Waals surface area (Å²) in [7, 11) is 0. The molecule has 2 saturated heterocycles. The number of carboxylic acid groups (broad SMARTS) is 1. The number of carbonyl (C=O) groups is 4. The number of aliphatic carboxylic acids is 1. The fraction of sp³-hybridized carbons (Fsp3) is 0.500. The Morgan fingerprint density at radius 1 is 1.17 bits per heavy atom. The standard InChI is InChI=1S/C20H23N3O6/c24-16-5-4-15(20(28)21-16)23-14-3-1-2-13(19(14)29-11-17(23)25)12-6-8-22(9-7-12)10-18(26)27/h1-3,12,15H,4-11H2,(H,26,27)(H,21,24,28). The molecule has 0 aromatic heterocycles. The van der Waals surface area contributed by atoms with Gasteiger partial charge in [-0.2, -0.15) is 0 Å². The van der Waals surface area contributed by atoms with Crippen LogP contribution in [-0.2, 0) is 19.2 Å². The van der Waals surface area contributed by atoms with Crippen LogP contribution in [0, 0.1) is 0 Å². The van der Waals surface area contributed by atoms with Crippen LogP contribution in [-0.4, -0.2) is 66.0 Å². The Morgan fingerprint density at radius 2 is 1.93 bits per heavy atom. The Kier molecular flexibility index (Phi) is 5.23. The number of carbonyl (C=O) groups excluding carboxylic acids is 3. The summed E-state index contributed by atoms with van der Waals surface area (Å²) < 4.78 is 5.79. The Morgan fingerprint density at radius 3 is 2.62 bits per heavy atom. The summed E-state index contributed by atoms with van der Waals surface area (Å²) >= 11 is 0. The van der Waals surface area contributed by atoms with Crippen molar-refractivity contribution in [2.24, 2.45) is 0 Å². The van der Waals surface area contributed by atoms with E-state index in [9.17, 15) is 19.2 Å². The van der Waals surface area contributed by atoms with E-state index in [1.54, 1.807) is 6.07 Å². The molecule has 2 N–H and O–H groups in total. The minimum Gasteiger partial charge on any atom is -0.481 e. The quantitative estimate of drug-likeness (QED) is 0.705. The van der Waals surface area contributed by atoms with Crippen LogP contribution in [0.2, 0.25) is 0 Å². The first-order valence-electron chi connectivity index (χ1n) is 9.79. The average Bonchev–Trinajstić information content (AvgIpc) is 2.68. The average molecular weight is 401 g/mol. The van der Waals surface area contributed by atoms with E-state index in [2.05, 4.69) is 5.32 Å². The second kappa shape index (κ2) is 7.82. The number of fused-ring (bicyclic) bond motifs is 1. The van der Waals surface area contributed by atoms with Gasteiger partial charge in [0.2, 0.25) is 11.8 Å². The monoisotopic (exact) mass is 401 g/mol. The molecular formula is C20H23N3O6. The number of para-hydroxylation sites is 1. The summed E-state index contributed by atoms with van der Waals surface area (Å²) in [5.41, 5.74) is 1.53. The van der Waals surface area contributed by atoms with Gasteiger partial charge in [0.05, 0.1) is 12.2 Å². The normalized spacial score (nSPS) is 23.4. The van der Waals surface area contributed by atoms with Crippen LogP contribution in [0.5, 0.6) is 5.75 Å². The number of amides is 3. The van der Waals surface area contributed by atoms with Crippen molar-refractivity contribution in [2.45, 2.75) is 37.6 Å². The first-order chi connectivity index (χ1) is 13.9. The predicted octanol–water partition coefficient (Wildman–Crippen LogP) is 0.481. The van der Waals surface area contributed by atoms with E-state index in [1.807, 2.05) is 17.0 Å². The summed E-state index contributed by atoms with van der Waals surface area (Å²) in [6, 6.07) is 4.85. The van der Waals surface area contributed by atoms with E-state index in [4.69, 9.17) is 9.84 Å². The molecule has 29 heavy (non-hydrogen) atoms. The fourth-order valence-electron chi connectivity index (χ4n) is 4.41. The summed E-state index contributed by atoms with van der Waals surface area (Å²) in [5.74, 6) is -1.13. The molecule has 4 rings (SSSR count). The SMILES string of the molecule is O=C(O)CN1CCC(c2cccc3c2OCC(=O)N3C2CCC(=O)NC2=O)CC1. The first-order valence-corrected chi connectivity index (χ1v) is 9.79. The first kappa shape index (κ1) is 19.4. The van der Waals surface area contributed by atoms with Gasteiger partial charge in [0.15, 0.2) is 6.61 Å². The van der Waals surface area contributed by atoms with Crippen molar-refractivity contribution in [3.8, 4) is 5.75 Å². The second-order valence-corrected chi connectivity index (χ2v) is 7.66. The van der Waals surface area contributed by atoms with E-state index in [-0.39, 0.29) is 43.7 Å². The van der Waals surface area contributed by atoms with Gasteiger partial charge < -0.3 is 9.84 Å². The molecule has 9 heteroatoms. The van der Waals surface area contributed by atoms with Crippen LogP contribution >= 0.6 is 0 Å². The van der Waals surface area contributed by atoms with Gasteiger partial charge in [-0.15, -0.1) is 0 Å². The van der Waals surface area contributed by atoms with Crippen LogP contribution in [0.1, 0.15) is 37.2 Å². The van der Waals surface area contributed by atoms with E-state index >= 15 is 0 Å². The highest BCUT2D eigenvalue weighted by Crippen LogP contribution is 2.43. The van der Waals surface area contributed by atoms with E-state index in [0.717, 1.165) is 18.4 Å². The topological polar surface area (TPSA) is 116 Å². The largest absolute Gasteiger partial charge is 0.481 e. The molecule has 0 bridgehead atoms. The van der Waals surface area contributed by atoms with Crippen LogP contribution in [0.4, 0.5) is 5.69 Å². The van der Waals surface area contributed by atoms with Crippen molar-refractivity contribution in [3.05, 3.63) is 23.8 Å². The predicted molar refractivity (Wildman–Crippen MR) is 102 cm³/mol. The molecule has 3 aliphatic rings. The number of rotatable bonds is 4. The minimum atomic E-state index is -0.831. The van der Waals surface area contributed by atoms with Crippen molar-refractivity contribution >= 4 is 29.4 Å². The molecule has 0 saturated carbocycles. The molecule has 154 valence electrons. The lowest BCUT2D eigenvalue weighted by Gasteiger charge is -2.38. The Labute approximate surface area is 167 Å². The maximum Gasteiger partial charge on any atom is 0.317 e. The summed E-state index contributed by atoms with van der Waals surface area (Å²) in [6.07, 6.45) is 2.06. The van der Waals surface area contributed by atoms with Crippen molar-refractivity contribution in [1.82, 2.24) is 10.2 Å². The van der Waals surface area contributed by atoms with Crippen molar-refractivity contribution in [2.75, 3.05) is 31.1 Å². The number of nitrogens with one attached hydrogen (secondary N) is 1. The molecule has 3 aliphatic heterocycles. The zero-order chi connectivity index (χ0) is 20.5. The third kappa shape index (κ3) is 3.82. The summed E-state index contributed by atoms with van der Waals surface area (Å²) in [4.78, 5) is 50.7. The van der Waals surface area contributed by atoms with E-state index in [0.29, 0.717) is 24.5 Å². The number of anilines is 1. The zero-order valence-corrected chi connectivity index (χ0v) is 15.9. The summed E-state index contributed by atoms with van der Waals surface area (Å²) in [5, 5.41) is 11.3. The van der Waals surface area contributed by atoms with Gasteiger partial charge in [-0.25, -0.2) is 0 Å². The van der Waals surface area contributed by atoms with Crippen LogP contribution in [0.15, 0.2) is 18.2 Å². The van der Waals surface area contributed by atoms with Gasteiger partial charge >= 0.3 is 5.97 Å². The highest BCUT2D eigenvalue weighted by atomic mass is 16.5. The number of piperidine rings is 2. The maximum absolute atomic E-state index is 12.6. The van der Waals surface area contributed by atoms with Gasteiger partial charge in [0, 0.05) is 6.42 Å². The molecule has 1 aromatic rings. The molecule has 3 amide bonds. The smallest absolute Gasteiger partial charge is 0.317 e. The molecule has 3 heterocycles. The molecule has 2 fully saturated rings. The molecule has 1 atom stereocenters. The number of benzene rings is 1. The fourth-order valence-corrected chi connectivity index (χ4v) is 4.41. The van der Waals surface area contributed by atoms with Gasteiger partial charge in [0.1, 0.15) is 11.8 Å². The van der Waals surface area contributed by atoms with Gasteiger partial charge in [-0.3, -0.25) is 34.3 Å². The lowest BCUT2D eigenvalue weighted by atomic mass is 9.87. The van der Waals surface area contributed by atoms with E-state index < -0.39 is 17.9 Å². The lowest BCUT2D eigenvalue weighted by molar-refractivity contribution is -0.139. The van der Waals surface area contributed by atoms with Gasteiger partial charge in [-0.1, -0.05) is 12.1 Å². The van der Waals surface area contributed by atoms with Crippen LogP contribution in [0.3, 0.4) is 0 Å². The number of carboxylic acids is 1. The van der Waals surface area contributed by atoms with Crippen molar-refractivity contribution in [1.29, 1.82) is 0 Å². The zero-order valence-electron chi connectivity index (χ0n) is 15.9. The molecule has 9 nitrogen and oxygen atoms in total. The van der Waals surface area contributed by atoms with Crippen LogP contribution < -0.4 is 15.0 Å². The van der Waals surface area contributed by atoms with Gasteiger partial charge in [-0.05, 0) is 49.9 Å².